The van der Waals surface area contributed by atoms with Crippen molar-refractivity contribution in [3.8, 4) is 11.6 Å². The van der Waals surface area contributed by atoms with Gasteiger partial charge in [-0.1, -0.05) is 0 Å². The van der Waals surface area contributed by atoms with Gasteiger partial charge in [-0.15, -0.1) is 0 Å². The highest BCUT2D eigenvalue weighted by Gasteiger charge is 2.37. The molecule has 24 heavy (non-hydrogen) atoms. The maximum absolute atomic E-state index is 13.3. The second kappa shape index (κ2) is 5.19. The third kappa shape index (κ3) is 2.38. The Bertz CT molecular complexity index is 915. The van der Waals surface area contributed by atoms with Crippen LogP contribution in [0.4, 0.5) is 13.2 Å². The molecule has 0 unspecified atom stereocenters. The van der Waals surface area contributed by atoms with Gasteiger partial charge in [0.1, 0.15) is 17.6 Å². The van der Waals surface area contributed by atoms with E-state index >= 15 is 0 Å². The zero-order valence-electron chi connectivity index (χ0n) is 12.7. The normalized spacial score (nSPS) is 15.0. The molecule has 4 rings (SSSR count). The molecule has 0 aliphatic heterocycles. The van der Waals surface area contributed by atoms with Crippen molar-refractivity contribution in [2.45, 2.75) is 24.9 Å². The number of aromatic nitrogens is 4. The topological polar surface area (TPSA) is 52.8 Å². The number of ether oxygens (including phenoxy) is 1. The summed E-state index contributed by atoms with van der Waals surface area (Å²) in [6.07, 6.45) is -0.714. The molecule has 0 N–H and O–H groups in total. The highest BCUT2D eigenvalue weighted by molar-refractivity contribution is 5.85. The van der Waals surface area contributed by atoms with Crippen LogP contribution in [0.3, 0.4) is 0 Å². The predicted octanol–water partition coefficient (Wildman–Crippen LogP) is 3.72. The highest BCUT2D eigenvalue weighted by atomic mass is 19.4. The lowest BCUT2D eigenvalue weighted by Gasteiger charge is -2.11. The van der Waals surface area contributed by atoms with Crippen LogP contribution in [0.25, 0.3) is 16.7 Å². The Morgan fingerprint density at radius 2 is 2.04 bits per heavy atom. The molecule has 124 valence electrons. The Hall–Kier alpha value is -2.64. The molecule has 2 heterocycles. The van der Waals surface area contributed by atoms with Gasteiger partial charge < -0.3 is 4.74 Å². The van der Waals surface area contributed by atoms with Crippen molar-refractivity contribution in [2.24, 2.45) is 0 Å². The summed E-state index contributed by atoms with van der Waals surface area (Å²) in [7, 11) is 1.55. The number of methoxy groups -OCH3 is 1. The number of nitrogens with zero attached hydrogens (tertiary/aromatic N) is 4. The molecule has 1 aliphatic rings. The van der Waals surface area contributed by atoms with E-state index in [9.17, 15) is 13.2 Å². The summed E-state index contributed by atoms with van der Waals surface area (Å²) in [5, 5.41) is 5.24. The molecule has 1 fully saturated rings. The van der Waals surface area contributed by atoms with Crippen LogP contribution in [0.1, 0.15) is 30.0 Å². The predicted molar refractivity (Wildman–Crippen MR) is 80.2 cm³/mol. The minimum absolute atomic E-state index is 0.264. The standard InChI is InChI=1S/C16H13F3N4O/c1-24-10-4-5-13-11(6-10)14(9-2-3-9)22-23(13)15-12(16(17,18)19)7-20-8-21-15/h4-9H,2-3H2,1H3. The van der Waals surface area contributed by atoms with Gasteiger partial charge in [-0.2, -0.15) is 18.3 Å². The minimum atomic E-state index is -4.55. The summed E-state index contributed by atoms with van der Waals surface area (Å²) < 4.78 is 46.4. The van der Waals surface area contributed by atoms with Crippen LogP contribution < -0.4 is 4.74 Å². The molecule has 3 aromatic rings. The van der Waals surface area contributed by atoms with Crippen molar-refractivity contribution in [2.75, 3.05) is 7.11 Å². The molecule has 0 saturated heterocycles. The van der Waals surface area contributed by atoms with Gasteiger partial charge in [0.05, 0.1) is 18.3 Å². The highest BCUT2D eigenvalue weighted by Crippen LogP contribution is 2.44. The van der Waals surface area contributed by atoms with Crippen LogP contribution >= 0.6 is 0 Å². The van der Waals surface area contributed by atoms with Crippen molar-refractivity contribution in [1.29, 1.82) is 0 Å². The van der Waals surface area contributed by atoms with Crippen LogP contribution in [-0.4, -0.2) is 26.9 Å². The fourth-order valence-electron chi connectivity index (χ4n) is 2.76. The fraction of sp³-hybridized carbons (Fsp3) is 0.312. The number of rotatable bonds is 3. The van der Waals surface area contributed by atoms with E-state index in [1.165, 1.54) is 4.68 Å². The van der Waals surface area contributed by atoms with Crippen LogP contribution in [0.5, 0.6) is 5.75 Å². The van der Waals surface area contributed by atoms with Crippen LogP contribution in [0.2, 0.25) is 0 Å². The first-order valence-corrected chi connectivity index (χ1v) is 7.43. The fourth-order valence-corrected chi connectivity index (χ4v) is 2.76. The first kappa shape index (κ1) is 14.9. The van der Waals surface area contributed by atoms with Crippen molar-refractivity contribution in [3.05, 3.63) is 42.0 Å². The average Bonchev–Trinajstić information content (AvgIpc) is 3.34. The minimum Gasteiger partial charge on any atom is -0.497 e. The monoisotopic (exact) mass is 334 g/mol. The third-order valence-electron chi connectivity index (χ3n) is 4.08. The van der Waals surface area contributed by atoms with E-state index in [-0.39, 0.29) is 11.7 Å². The maximum atomic E-state index is 13.3. The third-order valence-corrected chi connectivity index (χ3v) is 4.08. The Balaban J connectivity index is 1.99. The van der Waals surface area contributed by atoms with E-state index in [4.69, 9.17) is 4.74 Å². The van der Waals surface area contributed by atoms with E-state index in [1.54, 1.807) is 25.3 Å². The number of halogens is 3. The maximum Gasteiger partial charge on any atom is 0.421 e. The molecule has 5 nitrogen and oxygen atoms in total. The number of alkyl halides is 3. The van der Waals surface area contributed by atoms with Crippen LogP contribution in [-0.2, 0) is 6.18 Å². The molecule has 0 spiro atoms. The zero-order chi connectivity index (χ0) is 16.9. The summed E-state index contributed by atoms with van der Waals surface area (Å²) in [4.78, 5) is 7.35. The molecule has 0 radical (unpaired) electrons. The molecule has 1 aliphatic carbocycles. The Kier molecular flexibility index (Phi) is 3.22. The van der Waals surface area contributed by atoms with E-state index in [0.717, 1.165) is 36.4 Å². The summed E-state index contributed by atoms with van der Waals surface area (Å²) in [5.74, 6) is 0.652. The Morgan fingerprint density at radius 1 is 1.25 bits per heavy atom. The Morgan fingerprint density at radius 3 is 2.71 bits per heavy atom. The van der Waals surface area contributed by atoms with Crippen molar-refractivity contribution in [3.63, 3.8) is 0 Å². The molecule has 8 heteroatoms. The first-order valence-electron chi connectivity index (χ1n) is 7.43. The van der Waals surface area contributed by atoms with Crippen LogP contribution in [0, 0.1) is 0 Å². The van der Waals surface area contributed by atoms with E-state index in [1.807, 2.05) is 0 Å². The number of fused-ring (bicyclic) bond motifs is 1. The van der Waals surface area contributed by atoms with Gasteiger partial charge in [0.25, 0.3) is 0 Å². The summed E-state index contributed by atoms with van der Waals surface area (Å²) in [5.41, 5.74) is 0.449. The van der Waals surface area contributed by atoms with Gasteiger partial charge in [0, 0.05) is 17.5 Å². The lowest BCUT2D eigenvalue weighted by Crippen LogP contribution is -2.14. The van der Waals surface area contributed by atoms with E-state index in [0.29, 0.717) is 11.3 Å². The molecule has 0 bridgehead atoms. The van der Waals surface area contributed by atoms with Gasteiger partial charge in [-0.3, -0.25) is 0 Å². The average molecular weight is 334 g/mol. The quantitative estimate of drug-likeness (QED) is 0.732. The van der Waals surface area contributed by atoms with E-state index in [2.05, 4.69) is 15.1 Å². The lowest BCUT2D eigenvalue weighted by molar-refractivity contribution is -0.138. The van der Waals surface area contributed by atoms with Gasteiger partial charge in [-0.05, 0) is 31.0 Å². The molecule has 1 saturated carbocycles. The second-order valence-electron chi connectivity index (χ2n) is 5.71. The molecule has 0 amide bonds. The number of hydrogen-bond donors (Lipinski definition) is 0. The lowest BCUT2D eigenvalue weighted by atomic mass is 10.1. The molecular formula is C16H13F3N4O. The summed E-state index contributed by atoms with van der Waals surface area (Å²) in [6, 6.07) is 5.21. The van der Waals surface area contributed by atoms with Crippen molar-refractivity contribution >= 4 is 10.9 Å². The zero-order valence-corrected chi connectivity index (χ0v) is 12.7. The second-order valence-corrected chi connectivity index (χ2v) is 5.71. The van der Waals surface area contributed by atoms with E-state index < -0.39 is 11.7 Å². The summed E-state index contributed by atoms with van der Waals surface area (Å²) >= 11 is 0. The van der Waals surface area contributed by atoms with Crippen molar-refractivity contribution < 1.29 is 17.9 Å². The largest absolute Gasteiger partial charge is 0.497 e. The van der Waals surface area contributed by atoms with Gasteiger partial charge in [0.15, 0.2) is 5.82 Å². The van der Waals surface area contributed by atoms with Gasteiger partial charge in [0.2, 0.25) is 0 Å². The summed E-state index contributed by atoms with van der Waals surface area (Å²) in [6.45, 7) is 0. The smallest absolute Gasteiger partial charge is 0.421 e. The number of hydrogen-bond acceptors (Lipinski definition) is 4. The van der Waals surface area contributed by atoms with Crippen LogP contribution in [0.15, 0.2) is 30.7 Å². The SMILES string of the molecule is COc1ccc2c(c1)c(C1CC1)nn2-c1ncncc1C(F)(F)F. The molecule has 1 aromatic carbocycles. The number of benzene rings is 1. The Labute approximate surface area is 135 Å². The van der Waals surface area contributed by atoms with Gasteiger partial charge in [-0.25, -0.2) is 14.6 Å². The van der Waals surface area contributed by atoms with Crippen molar-refractivity contribution in [1.82, 2.24) is 19.7 Å². The molecule has 2 aromatic heterocycles. The first-order chi connectivity index (χ1) is 11.5. The molecular weight excluding hydrogens is 321 g/mol. The molecule has 0 atom stereocenters. The van der Waals surface area contributed by atoms with Gasteiger partial charge >= 0.3 is 6.18 Å².